The third-order valence-corrected chi connectivity index (χ3v) is 8.16. The van der Waals surface area contributed by atoms with Gasteiger partial charge in [-0.05, 0) is 42.5 Å². The van der Waals surface area contributed by atoms with Crippen LogP contribution in [0.3, 0.4) is 0 Å². The Morgan fingerprint density at radius 3 is 1.93 bits per heavy atom. The summed E-state index contributed by atoms with van der Waals surface area (Å²) in [6, 6.07) is 26.4. The zero-order valence-corrected chi connectivity index (χ0v) is 25.1. The summed E-state index contributed by atoms with van der Waals surface area (Å²) in [5.74, 6) is -1.84. The topological polar surface area (TPSA) is 158 Å². The number of rotatable bonds is 11. The van der Waals surface area contributed by atoms with Gasteiger partial charge in [-0.25, -0.2) is 14.4 Å². The molecule has 12 nitrogen and oxygen atoms in total. The molecule has 1 fully saturated rings. The lowest BCUT2D eigenvalue weighted by molar-refractivity contribution is -0.0521. The van der Waals surface area contributed by atoms with Gasteiger partial charge in [0.25, 0.3) is 5.91 Å². The van der Waals surface area contributed by atoms with Crippen LogP contribution in [0.15, 0.2) is 108 Å². The van der Waals surface area contributed by atoms with Crippen molar-refractivity contribution in [1.29, 1.82) is 0 Å². The smallest absolute Gasteiger partial charge is 0.361 e. The van der Waals surface area contributed by atoms with E-state index in [0.29, 0.717) is 5.56 Å². The number of hydrogen-bond donors (Lipinski definition) is 3. The number of hydrogen-bond acceptors (Lipinski definition) is 10. The number of amides is 1. The fraction of sp³-hybridized carbons (Fsp3) is 0.194. The minimum absolute atomic E-state index is 0.00605. The standard InChI is InChI=1S/C31H30BN4O8P/c1-19(45-35-32-41)24-25(43-29(38)21-13-7-3-8-14-21)26(44-30(39)22-15-9-4-10-16-22)28(42-24)36-18-17-23(34-31(36)40)33-27(37)20-11-5-2-6-12-20/h2-19,24-26,28,32,35,41,45H,1H3,(H,33,34,37,40)/t19-,24+,25+,26+,28+/m0/s1. The Labute approximate surface area is 260 Å². The van der Waals surface area contributed by atoms with Crippen LogP contribution in [-0.4, -0.2) is 64.0 Å². The van der Waals surface area contributed by atoms with E-state index in [9.17, 15) is 24.2 Å². The molecule has 45 heavy (non-hydrogen) atoms. The van der Waals surface area contributed by atoms with Gasteiger partial charge in [0.1, 0.15) is 11.9 Å². The summed E-state index contributed by atoms with van der Waals surface area (Å²) >= 11 is 0. The SMILES string of the molecule is C[C@H](PNBO)[C@H]1O[C@@H](n2ccc(NC(=O)c3ccccc3)nc2=O)[C@H](OC(=O)c2ccccc2)[C@@H]1OC(=O)c1ccccc1. The van der Waals surface area contributed by atoms with Gasteiger partial charge in [-0.2, -0.15) is 4.98 Å². The molecule has 2 heterocycles. The Morgan fingerprint density at radius 1 is 0.867 bits per heavy atom. The van der Waals surface area contributed by atoms with Crippen LogP contribution in [0, 0.1) is 0 Å². The molecule has 5 rings (SSSR count). The molecule has 1 amide bonds. The van der Waals surface area contributed by atoms with E-state index in [4.69, 9.17) is 14.2 Å². The van der Waals surface area contributed by atoms with Gasteiger partial charge < -0.3 is 29.5 Å². The number of carbonyl (C=O) groups is 3. The van der Waals surface area contributed by atoms with E-state index < -0.39 is 48.1 Å². The molecule has 3 N–H and O–H groups in total. The van der Waals surface area contributed by atoms with E-state index in [1.807, 2.05) is 6.92 Å². The maximum absolute atomic E-state index is 13.4. The lowest BCUT2D eigenvalue weighted by Gasteiger charge is -2.27. The number of nitrogens with zero attached hydrogens (tertiary/aromatic N) is 2. The van der Waals surface area contributed by atoms with Gasteiger partial charge in [0.15, 0.2) is 18.4 Å². The molecule has 1 aromatic heterocycles. The van der Waals surface area contributed by atoms with Gasteiger partial charge in [0, 0.05) is 17.4 Å². The second-order valence-electron chi connectivity index (χ2n) is 10.1. The summed E-state index contributed by atoms with van der Waals surface area (Å²) in [5.41, 5.74) is -0.263. The Morgan fingerprint density at radius 2 is 1.40 bits per heavy atom. The maximum atomic E-state index is 13.4. The summed E-state index contributed by atoms with van der Waals surface area (Å²) in [7, 11) is -0.326. The molecular weight excluding hydrogens is 598 g/mol. The van der Waals surface area contributed by atoms with E-state index in [1.165, 1.54) is 12.3 Å². The summed E-state index contributed by atoms with van der Waals surface area (Å²) in [4.78, 5) is 59.4. The van der Waals surface area contributed by atoms with Gasteiger partial charge in [-0.3, -0.25) is 9.36 Å². The second kappa shape index (κ2) is 14.9. The number of benzene rings is 3. The first kappa shape index (κ1) is 31.7. The minimum atomic E-state index is -1.28. The van der Waals surface area contributed by atoms with E-state index >= 15 is 0 Å². The van der Waals surface area contributed by atoms with Crippen LogP contribution in [0.25, 0.3) is 0 Å². The Bertz CT molecular complexity index is 1680. The highest BCUT2D eigenvalue weighted by Crippen LogP contribution is 2.39. The maximum Gasteiger partial charge on any atom is 0.361 e. The molecule has 1 aliphatic rings. The predicted octanol–water partition coefficient (Wildman–Crippen LogP) is 2.67. The summed E-state index contributed by atoms with van der Waals surface area (Å²) in [5, 5.41) is 12.0. The third kappa shape index (κ3) is 7.70. The number of esters is 2. The molecule has 0 saturated carbocycles. The molecular formula is C31H30BN4O8P. The zero-order valence-electron chi connectivity index (χ0n) is 24.1. The Hall–Kier alpha value is -4.68. The lowest BCUT2D eigenvalue weighted by atomic mass is 10.1. The van der Waals surface area contributed by atoms with Crippen LogP contribution in [0.1, 0.15) is 44.2 Å². The molecule has 0 spiro atoms. The van der Waals surface area contributed by atoms with Gasteiger partial charge in [0.2, 0.25) is 0 Å². The normalized spacial score (nSPS) is 20.0. The van der Waals surface area contributed by atoms with E-state index in [2.05, 4.69) is 15.3 Å². The number of nitrogens with one attached hydrogen (secondary N) is 2. The quantitative estimate of drug-likeness (QED) is 0.128. The number of carbonyl (C=O) groups excluding carboxylic acids is 3. The molecule has 0 radical (unpaired) electrons. The van der Waals surface area contributed by atoms with Crippen LogP contribution >= 0.6 is 8.73 Å². The first-order valence-electron chi connectivity index (χ1n) is 14.1. The molecule has 0 aliphatic carbocycles. The van der Waals surface area contributed by atoms with Crippen molar-refractivity contribution >= 4 is 40.0 Å². The lowest BCUT2D eigenvalue weighted by Crippen LogP contribution is -2.43. The Balaban J connectivity index is 1.49. The monoisotopic (exact) mass is 628 g/mol. The summed E-state index contributed by atoms with van der Waals surface area (Å²) in [6.07, 6.45) is -3.18. The molecule has 6 atom stereocenters. The van der Waals surface area contributed by atoms with Crippen LogP contribution in [-0.2, 0) is 14.2 Å². The largest absolute Gasteiger partial charge is 0.452 e. The fourth-order valence-electron chi connectivity index (χ4n) is 4.83. The fourth-order valence-corrected chi connectivity index (χ4v) is 5.67. The average molecular weight is 628 g/mol. The van der Waals surface area contributed by atoms with Gasteiger partial charge in [-0.1, -0.05) is 70.3 Å². The van der Waals surface area contributed by atoms with E-state index in [0.717, 1.165) is 4.57 Å². The van der Waals surface area contributed by atoms with Crippen molar-refractivity contribution in [2.75, 3.05) is 5.32 Å². The predicted molar refractivity (Wildman–Crippen MR) is 168 cm³/mol. The van der Waals surface area contributed by atoms with Gasteiger partial charge in [0.05, 0.1) is 11.1 Å². The molecule has 0 bridgehead atoms. The van der Waals surface area contributed by atoms with Crippen molar-refractivity contribution in [3.05, 3.63) is 130 Å². The van der Waals surface area contributed by atoms with Crippen LogP contribution in [0.5, 0.6) is 0 Å². The highest BCUT2D eigenvalue weighted by Gasteiger charge is 2.52. The van der Waals surface area contributed by atoms with Crippen molar-refractivity contribution in [2.24, 2.45) is 0 Å². The Kier molecular flexibility index (Phi) is 10.5. The first-order valence-corrected chi connectivity index (χ1v) is 15.2. The second-order valence-corrected chi connectivity index (χ2v) is 11.6. The molecule has 1 aliphatic heterocycles. The van der Waals surface area contributed by atoms with Crippen molar-refractivity contribution in [1.82, 2.24) is 14.5 Å². The van der Waals surface area contributed by atoms with Crippen molar-refractivity contribution < 1.29 is 33.6 Å². The van der Waals surface area contributed by atoms with Crippen LogP contribution in [0.2, 0.25) is 0 Å². The van der Waals surface area contributed by atoms with Gasteiger partial charge in [-0.15, -0.1) is 0 Å². The number of aromatic nitrogens is 2. The average Bonchev–Trinajstić information content (AvgIpc) is 3.41. The summed E-state index contributed by atoms with van der Waals surface area (Å²) < 4.78 is 19.4. The van der Waals surface area contributed by atoms with Crippen molar-refractivity contribution in [3.63, 3.8) is 0 Å². The molecule has 3 aromatic carbocycles. The van der Waals surface area contributed by atoms with Crippen molar-refractivity contribution in [3.8, 4) is 0 Å². The molecule has 1 unspecified atom stereocenters. The minimum Gasteiger partial charge on any atom is -0.452 e. The molecule has 1 saturated heterocycles. The van der Waals surface area contributed by atoms with Crippen LogP contribution in [0.4, 0.5) is 5.82 Å². The molecule has 4 aromatic rings. The highest BCUT2D eigenvalue weighted by molar-refractivity contribution is 7.38. The van der Waals surface area contributed by atoms with E-state index in [-0.39, 0.29) is 39.0 Å². The molecule has 14 heteroatoms. The van der Waals surface area contributed by atoms with Crippen molar-refractivity contribution in [2.45, 2.75) is 37.1 Å². The summed E-state index contributed by atoms with van der Waals surface area (Å²) in [6.45, 7) is 1.82. The highest BCUT2D eigenvalue weighted by atomic mass is 31.1. The third-order valence-electron chi connectivity index (χ3n) is 7.01. The molecule has 230 valence electrons. The zero-order chi connectivity index (χ0) is 31.8. The number of anilines is 1. The first-order chi connectivity index (χ1) is 21.9. The van der Waals surface area contributed by atoms with Crippen LogP contribution < -0.4 is 16.0 Å². The van der Waals surface area contributed by atoms with E-state index in [1.54, 1.807) is 91.0 Å². The van der Waals surface area contributed by atoms with Gasteiger partial charge >= 0.3 is 25.2 Å². The number of ether oxygens (including phenoxy) is 3.